The van der Waals surface area contributed by atoms with E-state index >= 15 is 0 Å². The lowest BCUT2D eigenvalue weighted by molar-refractivity contribution is -0.147. The molecule has 0 spiro atoms. The molecule has 0 rings (SSSR count). The molecule has 0 N–H and O–H groups in total. The standard InChI is InChI=1S/C24H46O14/c1-27-23(25)21-37-19-17-35-15-13-33-11-9-31-7-5-29-3-4-30-6-8-32-10-12-34-14-16-36-18-20-38-22-24(26)28-2/h3-22H2,1-2H3. The van der Waals surface area contributed by atoms with Gasteiger partial charge in [-0.2, -0.15) is 0 Å². The van der Waals surface area contributed by atoms with E-state index in [2.05, 4.69) is 9.47 Å². The van der Waals surface area contributed by atoms with E-state index in [0.717, 1.165) is 0 Å². The molecule has 38 heavy (non-hydrogen) atoms. The third kappa shape index (κ3) is 30.8. The van der Waals surface area contributed by atoms with Gasteiger partial charge < -0.3 is 56.8 Å². The zero-order valence-corrected chi connectivity index (χ0v) is 22.9. The maximum absolute atomic E-state index is 10.8. The van der Waals surface area contributed by atoms with Gasteiger partial charge in [0.2, 0.25) is 0 Å². The first kappa shape index (κ1) is 36.5. The van der Waals surface area contributed by atoms with Crippen molar-refractivity contribution in [1.82, 2.24) is 0 Å². The van der Waals surface area contributed by atoms with Gasteiger partial charge in [-0.05, 0) is 0 Å². The van der Waals surface area contributed by atoms with Crippen LogP contribution in [0.15, 0.2) is 0 Å². The molecule has 0 aromatic carbocycles. The Morgan fingerprint density at radius 3 is 0.632 bits per heavy atom. The number of methoxy groups -OCH3 is 2. The van der Waals surface area contributed by atoms with Crippen LogP contribution in [0.4, 0.5) is 0 Å². The quantitative estimate of drug-likeness (QED) is 0.0796. The minimum atomic E-state index is -0.411. The van der Waals surface area contributed by atoms with E-state index < -0.39 is 11.9 Å². The van der Waals surface area contributed by atoms with Gasteiger partial charge in [0.1, 0.15) is 13.2 Å². The Bertz CT molecular complexity index is 465. The Morgan fingerprint density at radius 1 is 0.316 bits per heavy atom. The first-order chi connectivity index (χ1) is 18.7. The summed E-state index contributed by atoms with van der Waals surface area (Å²) in [5.74, 6) is -0.822. The van der Waals surface area contributed by atoms with Crippen molar-refractivity contribution >= 4 is 11.9 Å². The van der Waals surface area contributed by atoms with Crippen LogP contribution in [0.3, 0.4) is 0 Å². The molecule has 0 saturated heterocycles. The molecular formula is C24H46O14. The molecule has 0 bridgehead atoms. The van der Waals surface area contributed by atoms with Crippen molar-refractivity contribution in [3.05, 3.63) is 0 Å². The van der Waals surface area contributed by atoms with E-state index in [1.165, 1.54) is 14.2 Å². The second kappa shape index (κ2) is 31.8. The zero-order chi connectivity index (χ0) is 27.8. The molecule has 0 aromatic rings. The van der Waals surface area contributed by atoms with E-state index in [4.69, 9.17) is 47.4 Å². The molecule has 0 unspecified atom stereocenters. The fourth-order valence-corrected chi connectivity index (χ4v) is 2.31. The molecule has 0 fully saturated rings. The Hall–Kier alpha value is -1.46. The van der Waals surface area contributed by atoms with Crippen molar-refractivity contribution in [2.45, 2.75) is 0 Å². The molecule has 0 aliphatic rings. The smallest absolute Gasteiger partial charge is 0.331 e. The Kier molecular flexibility index (Phi) is 30.5. The molecule has 14 nitrogen and oxygen atoms in total. The third-order valence-electron chi connectivity index (χ3n) is 4.24. The van der Waals surface area contributed by atoms with Crippen molar-refractivity contribution < 1.29 is 66.4 Å². The highest BCUT2D eigenvalue weighted by Crippen LogP contribution is 1.87. The normalized spacial score (nSPS) is 11.1. The van der Waals surface area contributed by atoms with E-state index in [1.807, 2.05) is 0 Å². The van der Waals surface area contributed by atoms with Gasteiger partial charge in [0.15, 0.2) is 0 Å². The second-order valence-electron chi connectivity index (χ2n) is 7.16. The van der Waals surface area contributed by atoms with Crippen LogP contribution in [-0.4, -0.2) is 158 Å². The number of carbonyl (C=O) groups is 2. The van der Waals surface area contributed by atoms with Gasteiger partial charge in [-0.15, -0.1) is 0 Å². The lowest BCUT2D eigenvalue weighted by atomic mass is 10.6. The van der Waals surface area contributed by atoms with E-state index in [1.54, 1.807) is 0 Å². The molecule has 226 valence electrons. The van der Waals surface area contributed by atoms with Gasteiger partial charge in [0.25, 0.3) is 0 Å². The van der Waals surface area contributed by atoms with Crippen LogP contribution >= 0.6 is 0 Å². The molecule has 0 amide bonds. The second-order valence-corrected chi connectivity index (χ2v) is 7.16. The third-order valence-corrected chi connectivity index (χ3v) is 4.24. The number of carbonyl (C=O) groups excluding carboxylic acids is 2. The van der Waals surface area contributed by atoms with Crippen LogP contribution in [0.2, 0.25) is 0 Å². The van der Waals surface area contributed by atoms with Gasteiger partial charge in [0.05, 0.1) is 133 Å². The minimum Gasteiger partial charge on any atom is -0.467 e. The van der Waals surface area contributed by atoms with Gasteiger partial charge in [-0.3, -0.25) is 0 Å². The maximum atomic E-state index is 10.8. The predicted octanol–water partition coefficient (Wildman–Crippen LogP) is -0.502. The van der Waals surface area contributed by atoms with Crippen LogP contribution < -0.4 is 0 Å². The van der Waals surface area contributed by atoms with Crippen LogP contribution in [0.25, 0.3) is 0 Å². The van der Waals surface area contributed by atoms with Crippen molar-refractivity contribution in [2.24, 2.45) is 0 Å². The number of ether oxygens (including phenoxy) is 12. The number of hydrogen-bond donors (Lipinski definition) is 0. The largest absolute Gasteiger partial charge is 0.467 e. The van der Waals surface area contributed by atoms with Gasteiger partial charge in [0, 0.05) is 0 Å². The summed E-state index contributed by atoms with van der Waals surface area (Å²) in [6.45, 7) is 7.86. The van der Waals surface area contributed by atoms with Crippen molar-refractivity contribution in [3.63, 3.8) is 0 Å². The van der Waals surface area contributed by atoms with Crippen LogP contribution in [-0.2, 0) is 66.4 Å². The lowest BCUT2D eigenvalue weighted by Crippen LogP contribution is -2.16. The van der Waals surface area contributed by atoms with Crippen LogP contribution in [0.1, 0.15) is 0 Å². The SMILES string of the molecule is COC(=O)COCCOCCOCCOCCOCCOCCOCCOCCOCCOCC(=O)OC. The number of hydrogen-bond acceptors (Lipinski definition) is 14. The van der Waals surface area contributed by atoms with E-state index in [-0.39, 0.29) is 13.2 Å². The average Bonchev–Trinajstić information content (AvgIpc) is 2.93. The first-order valence-corrected chi connectivity index (χ1v) is 12.6. The van der Waals surface area contributed by atoms with Crippen molar-refractivity contribution in [2.75, 3.05) is 146 Å². The molecule has 0 heterocycles. The van der Waals surface area contributed by atoms with E-state index in [9.17, 15) is 9.59 Å². The molecule has 0 aliphatic carbocycles. The van der Waals surface area contributed by atoms with Gasteiger partial charge in [-0.1, -0.05) is 0 Å². The maximum Gasteiger partial charge on any atom is 0.331 e. The zero-order valence-electron chi connectivity index (χ0n) is 22.9. The number of rotatable bonds is 31. The van der Waals surface area contributed by atoms with Gasteiger partial charge in [-0.25, -0.2) is 9.59 Å². The van der Waals surface area contributed by atoms with Gasteiger partial charge >= 0.3 is 11.9 Å². The summed E-state index contributed by atoms with van der Waals surface area (Å²) in [4.78, 5) is 21.7. The molecule has 0 aliphatic heterocycles. The summed E-state index contributed by atoms with van der Waals surface area (Å²) in [6.07, 6.45) is 0. The Balaban J connectivity index is 3.06. The summed E-state index contributed by atoms with van der Waals surface area (Å²) < 4.78 is 62.0. The highest BCUT2D eigenvalue weighted by Gasteiger charge is 2.00. The minimum absolute atomic E-state index is 0.0732. The van der Waals surface area contributed by atoms with E-state index in [0.29, 0.717) is 119 Å². The highest BCUT2D eigenvalue weighted by molar-refractivity contribution is 5.70. The fourth-order valence-electron chi connectivity index (χ4n) is 2.31. The predicted molar refractivity (Wildman–Crippen MR) is 132 cm³/mol. The average molecular weight is 559 g/mol. The fraction of sp³-hybridized carbons (Fsp3) is 0.917. The summed E-state index contributed by atoms with van der Waals surface area (Å²) in [5, 5.41) is 0. The molecule has 0 radical (unpaired) electrons. The molecule has 0 atom stereocenters. The summed E-state index contributed by atoms with van der Waals surface area (Å²) in [5.41, 5.74) is 0. The topological polar surface area (TPSA) is 145 Å². The van der Waals surface area contributed by atoms with Crippen molar-refractivity contribution in [3.8, 4) is 0 Å². The Morgan fingerprint density at radius 2 is 0.474 bits per heavy atom. The monoisotopic (exact) mass is 558 g/mol. The molecular weight excluding hydrogens is 512 g/mol. The molecule has 14 heteroatoms. The van der Waals surface area contributed by atoms with Crippen LogP contribution in [0.5, 0.6) is 0 Å². The lowest BCUT2D eigenvalue weighted by Gasteiger charge is -2.09. The highest BCUT2D eigenvalue weighted by atomic mass is 16.6. The first-order valence-electron chi connectivity index (χ1n) is 12.6. The van der Waals surface area contributed by atoms with Crippen LogP contribution in [0, 0.1) is 0 Å². The summed E-state index contributed by atoms with van der Waals surface area (Å²) in [6, 6.07) is 0. The van der Waals surface area contributed by atoms with Crippen molar-refractivity contribution in [1.29, 1.82) is 0 Å². The molecule has 0 saturated carbocycles. The Labute approximate surface area is 225 Å². The molecule has 0 aromatic heterocycles. The number of esters is 2. The summed E-state index contributed by atoms with van der Waals surface area (Å²) in [7, 11) is 2.62. The summed E-state index contributed by atoms with van der Waals surface area (Å²) >= 11 is 0.